The molecule has 2 heterocycles. The third-order valence-corrected chi connectivity index (χ3v) is 4.05. The van der Waals surface area contributed by atoms with Crippen LogP contribution in [0.3, 0.4) is 0 Å². The van der Waals surface area contributed by atoms with Crippen molar-refractivity contribution in [2.75, 3.05) is 32.6 Å². The molecule has 1 fully saturated rings. The average molecular weight is 257 g/mol. The largest absolute Gasteiger partial charge is 0.381 e. The van der Waals surface area contributed by atoms with Crippen molar-refractivity contribution in [1.29, 1.82) is 0 Å². The number of hydrogen-bond donors (Lipinski definition) is 1. The number of ether oxygens (including phenoxy) is 1. The van der Waals surface area contributed by atoms with Gasteiger partial charge >= 0.3 is 0 Å². The molecule has 0 bridgehead atoms. The van der Waals surface area contributed by atoms with E-state index in [0.717, 1.165) is 56.0 Å². The van der Waals surface area contributed by atoms with Gasteiger partial charge in [-0.3, -0.25) is 0 Å². The lowest BCUT2D eigenvalue weighted by Gasteiger charge is -2.21. The van der Waals surface area contributed by atoms with Crippen molar-refractivity contribution in [2.24, 2.45) is 5.92 Å². The summed E-state index contributed by atoms with van der Waals surface area (Å²) in [6, 6.07) is 0. The molecule has 1 aliphatic heterocycles. The summed E-state index contributed by atoms with van der Waals surface area (Å²) in [6.07, 6.45) is 2.32. The van der Waals surface area contributed by atoms with Crippen LogP contribution >= 0.6 is 11.8 Å². The number of rotatable bonds is 6. The lowest BCUT2D eigenvalue weighted by molar-refractivity contribution is 0.0727. The van der Waals surface area contributed by atoms with Gasteiger partial charge in [0.15, 0.2) is 0 Å². The highest BCUT2D eigenvalue weighted by Gasteiger charge is 2.15. The van der Waals surface area contributed by atoms with E-state index in [9.17, 15) is 0 Å². The Morgan fingerprint density at radius 2 is 2.29 bits per heavy atom. The number of tetrazole rings is 1. The Balaban J connectivity index is 1.79. The molecular formula is C10H19N5OS. The maximum Gasteiger partial charge on any atom is 0.209 e. The number of thioether (sulfide) groups is 1. The highest BCUT2D eigenvalue weighted by Crippen LogP contribution is 2.23. The Morgan fingerprint density at radius 1 is 1.47 bits per heavy atom. The van der Waals surface area contributed by atoms with Gasteiger partial charge in [-0.25, -0.2) is 4.68 Å². The molecular weight excluding hydrogens is 238 g/mol. The predicted octanol–water partition coefficient (Wildman–Crippen LogP) is 0.411. The Morgan fingerprint density at radius 3 is 3.06 bits per heavy atom. The standard InChI is InChI=1S/C10H19N5OS/c1-11-4-5-15-10(12-13-14-15)17-8-9-2-6-16-7-3-9/h9,11H,2-8H2,1H3. The molecule has 6 nitrogen and oxygen atoms in total. The molecule has 0 radical (unpaired) electrons. The van der Waals surface area contributed by atoms with Gasteiger partial charge in [0, 0.05) is 25.5 Å². The van der Waals surface area contributed by atoms with Crippen molar-refractivity contribution in [2.45, 2.75) is 24.5 Å². The van der Waals surface area contributed by atoms with Crippen LogP contribution in [0.5, 0.6) is 0 Å². The van der Waals surface area contributed by atoms with Crippen LogP contribution in [0.4, 0.5) is 0 Å². The van der Waals surface area contributed by atoms with Crippen molar-refractivity contribution in [3.63, 3.8) is 0 Å². The molecule has 0 aliphatic carbocycles. The molecule has 0 spiro atoms. The third-order valence-electron chi connectivity index (χ3n) is 2.86. The van der Waals surface area contributed by atoms with Gasteiger partial charge in [0.05, 0.1) is 6.54 Å². The lowest BCUT2D eigenvalue weighted by atomic mass is 10.0. The second-order valence-corrected chi connectivity index (χ2v) is 5.14. The first kappa shape index (κ1) is 12.8. The minimum atomic E-state index is 0.739. The van der Waals surface area contributed by atoms with Gasteiger partial charge in [0.1, 0.15) is 0 Å². The van der Waals surface area contributed by atoms with Crippen molar-refractivity contribution in [3.05, 3.63) is 0 Å². The van der Waals surface area contributed by atoms with Crippen molar-refractivity contribution in [3.8, 4) is 0 Å². The van der Waals surface area contributed by atoms with Crippen LogP contribution < -0.4 is 5.32 Å². The molecule has 7 heteroatoms. The van der Waals surface area contributed by atoms with E-state index >= 15 is 0 Å². The normalized spacial score (nSPS) is 17.5. The molecule has 17 heavy (non-hydrogen) atoms. The maximum absolute atomic E-state index is 5.35. The molecule has 1 aromatic rings. The first-order valence-electron chi connectivity index (χ1n) is 6.01. The van der Waals surface area contributed by atoms with Crippen LogP contribution in [0.2, 0.25) is 0 Å². The van der Waals surface area contributed by atoms with Crippen LogP contribution in [-0.2, 0) is 11.3 Å². The molecule has 1 saturated heterocycles. The zero-order chi connectivity index (χ0) is 11.9. The lowest BCUT2D eigenvalue weighted by Crippen LogP contribution is -2.19. The van der Waals surface area contributed by atoms with Gasteiger partial charge < -0.3 is 10.1 Å². The van der Waals surface area contributed by atoms with Crippen molar-refractivity contribution >= 4 is 11.8 Å². The molecule has 2 rings (SSSR count). The van der Waals surface area contributed by atoms with E-state index in [1.807, 2.05) is 11.7 Å². The van der Waals surface area contributed by atoms with E-state index in [1.165, 1.54) is 0 Å². The summed E-state index contributed by atoms with van der Waals surface area (Å²) in [5, 5.41) is 15.8. The summed E-state index contributed by atoms with van der Waals surface area (Å²) in [5.74, 6) is 1.83. The Hall–Kier alpha value is -0.660. The number of aromatic nitrogens is 4. The quantitative estimate of drug-likeness (QED) is 0.745. The summed E-state index contributed by atoms with van der Waals surface area (Å²) in [7, 11) is 1.93. The summed E-state index contributed by atoms with van der Waals surface area (Å²) < 4.78 is 7.21. The topological polar surface area (TPSA) is 64.9 Å². The Kier molecular flexibility index (Phi) is 5.21. The van der Waals surface area contributed by atoms with E-state index < -0.39 is 0 Å². The number of likely N-dealkylation sites (N-methyl/N-ethyl adjacent to an activating group) is 1. The maximum atomic E-state index is 5.35. The first-order chi connectivity index (χ1) is 8.40. The number of nitrogens with zero attached hydrogens (tertiary/aromatic N) is 4. The van der Waals surface area contributed by atoms with E-state index in [-0.39, 0.29) is 0 Å². The molecule has 1 aliphatic rings. The summed E-state index contributed by atoms with van der Waals surface area (Å²) in [4.78, 5) is 0. The highest BCUT2D eigenvalue weighted by molar-refractivity contribution is 7.99. The van der Waals surface area contributed by atoms with Gasteiger partial charge in [-0.15, -0.1) is 5.10 Å². The van der Waals surface area contributed by atoms with Crippen LogP contribution in [-0.4, -0.2) is 52.8 Å². The molecule has 0 atom stereocenters. The molecule has 0 saturated carbocycles. The third kappa shape index (κ3) is 3.93. The molecule has 0 aromatic carbocycles. The average Bonchev–Trinajstić information content (AvgIpc) is 2.82. The molecule has 1 aromatic heterocycles. The van der Waals surface area contributed by atoms with E-state index in [1.54, 1.807) is 11.8 Å². The van der Waals surface area contributed by atoms with Crippen LogP contribution in [0, 0.1) is 5.92 Å². The van der Waals surface area contributed by atoms with Crippen LogP contribution in [0.1, 0.15) is 12.8 Å². The number of hydrogen-bond acceptors (Lipinski definition) is 6. The first-order valence-corrected chi connectivity index (χ1v) is 7.00. The van der Waals surface area contributed by atoms with Crippen molar-refractivity contribution in [1.82, 2.24) is 25.5 Å². The van der Waals surface area contributed by atoms with Gasteiger partial charge in [0.25, 0.3) is 0 Å². The van der Waals surface area contributed by atoms with E-state index in [0.29, 0.717) is 0 Å². The van der Waals surface area contributed by atoms with Gasteiger partial charge in [-0.1, -0.05) is 11.8 Å². The fourth-order valence-electron chi connectivity index (χ4n) is 1.76. The smallest absolute Gasteiger partial charge is 0.209 e. The van der Waals surface area contributed by atoms with Gasteiger partial charge in [-0.2, -0.15) is 0 Å². The second-order valence-electron chi connectivity index (χ2n) is 4.15. The highest BCUT2D eigenvalue weighted by atomic mass is 32.2. The monoisotopic (exact) mass is 257 g/mol. The van der Waals surface area contributed by atoms with Crippen LogP contribution in [0.15, 0.2) is 5.16 Å². The second kappa shape index (κ2) is 6.93. The van der Waals surface area contributed by atoms with Gasteiger partial charge in [-0.05, 0) is 36.2 Å². The zero-order valence-electron chi connectivity index (χ0n) is 10.1. The fourth-order valence-corrected chi connectivity index (χ4v) is 2.85. The predicted molar refractivity (Wildman–Crippen MR) is 66.0 cm³/mol. The molecule has 0 amide bonds. The molecule has 0 unspecified atom stereocenters. The fraction of sp³-hybridized carbons (Fsp3) is 0.900. The van der Waals surface area contributed by atoms with Crippen LogP contribution in [0.25, 0.3) is 0 Å². The Labute approximate surface area is 105 Å². The zero-order valence-corrected chi connectivity index (χ0v) is 10.9. The van der Waals surface area contributed by atoms with Gasteiger partial charge in [0.2, 0.25) is 5.16 Å². The molecule has 1 N–H and O–H groups in total. The van der Waals surface area contributed by atoms with Crippen molar-refractivity contribution < 1.29 is 4.74 Å². The summed E-state index contributed by atoms with van der Waals surface area (Å²) in [6.45, 7) is 3.50. The Bertz CT molecular complexity index is 326. The van der Waals surface area contributed by atoms with E-state index in [2.05, 4.69) is 20.8 Å². The summed E-state index contributed by atoms with van der Waals surface area (Å²) >= 11 is 1.75. The SMILES string of the molecule is CNCCn1nnnc1SCC1CCOCC1. The number of nitrogens with one attached hydrogen (secondary N) is 1. The summed E-state index contributed by atoms with van der Waals surface area (Å²) in [5.41, 5.74) is 0. The molecule has 96 valence electrons. The minimum absolute atomic E-state index is 0.739. The minimum Gasteiger partial charge on any atom is -0.381 e. The van der Waals surface area contributed by atoms with E-state index in [4.69, 9.17) is 4.74 Å².